The first-order chi connectivity index (χ1) is 32.4. The van der Waals surface area contributed by atoms with Crippen molar-refractivity contribution < 1.29 is 88.5 Å². The first-order valence-corrected chi connectivity index (χ1v) is 21.6. The zero-order valence-electron chi connectivity index (χ0n) is 37.1. The van der Waals surface area contributed by atoms with Crippen LogP contribution in [0.1, 0.15) is 83.6 Å². The lowest BCUT2D eigenvalue weighted by atomic mass is 9.74. The van der Waals surface area contributed by atoms with Crippen LogP contribution in [0.25, 0.3) is 11.1 Å². The summed E-state index contributed by atoms with van der Waals surface area (Å²) >= 11 is 0. The van der Waals surface area contributed by atoms with Gasteiger partial charge in [0, 0.05) is 48.5 Å². The Bertz CT molecular complexity index is 2650. The van der Waals surface area contributed by atoms with E-state index in [9.17, 15) is 60.0 Å². The third-order valence-electron chi connectivity index (χ3n) is 12.7. The highest BCUT2D eigenvalue weighted by atomic mass is 16.7. The summed E-state index contributed by atoms with van der Waals surface area (Å²) in [5.41, 5.74) is 3.42. The summed E-state index contributed by atoms with van der Waals surface area (Å²) in [6.45, 7) is 2.39. The molecule has 11 atom stereocenters. The standard InChI is InChI=1S/C47H51N3O18/c1-18-12-25-31(38(57)28(18)44(61)49-11-10-48)30-23(15-24-32(39(30)58)35(54)22-13-21(63-4)14-26(51)29(22)34(24)53)36(55)42(25)67-46-41(60)43(68-45-40(59)37(56)27(52)17-64-45)33(19(2)66-46)50(3)47(62)65-16-20-8-6-5-7-9-20/h5-9,12-15,19,27,33,36-37,40-43,45-46,51-52,55-60H,10-11,16-17,48H2,1-4H3,(H,49,61)/t19-,27-,33+,36+,37+,40-,41-,42+,43+,45+,46+/m1/s1. The van der Waals surface area contributed by atoms with Crippen LogP contribution in [-0.2, 0) is 30.3 Å². The molecule has 4 aromatic carbocycles. The lowest BCUT2D eigenvalue weighted by molar-refractivity contribution is -0.344. The smallest absolute Gasteiger partial charge is 0.410 e. The predicted octanol–water partition coefficient (Wildman–Crippen LogP) is 0.923. The number of aliphatic hydroxyl groups is 5. The number of aryl methyl sites for hydroxylation is 1. The molecular weight excluding hydrogens is 895 g/mol. The molecule has 0 spiro atoms. The van der Waals surface area contributed by atoms with Crippen LogP contribution in [0.4, 0.5) is 4.79 Å². The first kappa shape index (κ1) is 48.2. The van der Waals surface area contributed by atoms with Crippen molar-refractivity contribution in [3.63, 3.8) is 0 Å². The van der Waals surface area contributed by atoms with Gasteiger partial charge >= 0.3 is 6.09 Å². The number of likely N-dealkylation sites (N-methyl/N-ethyl adjacent to an activating group) is 1. The summed E-state index contributed by atoms with van der Waals surface area (Å²) in [7, 11) is 2.62. The number of ether oxygens (including phenoxy) is 6. The maximum absolute atomic E-state index is 14.2. The number of carbonyl (C=O) groups is 4. The number of nitrogens with two attached hydrogens (primary N) is 1. The van der Waals surface area contributed by atoms with Gasteiger partial charge in [-0.25, -0.2) is 4.79 Å². The Morgan fingerprint density at radius 2 is 1.51 bits per heavy atom. The van der Waals surface area contributed by atoms with Gasteiger partial charge in [-0.2, -0.15) is 0 Å². The summed E-state index contributed by atoms with van der Waals surface area (Å²) in [5.74, 6) is -4.79. The van der Waals surface area contributed by atoms with Crippen LogP contribution in [0.5, 0.6) is 23.0 Å². The maximum Gasteiger partial charge on any atom is 0.410 e. The van der Waals surface area contributed by atoms with Gasteiger partial charge in [0.05, 0.1) is 42.6 Å². The Balaban J connectivity index is 1.21. The molecule has 8 rings (SSSR count). The molecule has 0 aromatic heterocycles. The number of methoxy groups -OCH3 is 1. The number of ketones is 2. The van der Waals surface area contributed by atoms with Crippen molar-refractivity contribution in [1.29, 1.82) is 0 Å². The molecule has 21 nitrogen and oxygen atoms in total. The minimum absolute atomic E-state index is 0.00263. The van der Waals surface area contributed by atoms with Gasteiger partial charge in [-0.05, 0) is 48.2 Å². The fourth-order valence-corrected chi connectivity index (χ4v) is 9.30. The number of nitrogens with one attached hydrogen (secondary N) is 1. The molecule has 2 aliphatic heterocycles. The number of amides is 2. The monoisotopic (exact) mass is 945 g/mol. The molecule has 0 unspecified atom stereocenters. The second kappa shape index (κ2) is 19.0. The van der Waals surface area contributed by atoms with E-state index in [1.165, 1.54) is 40.1 Å². The average molecular weight is 946 g/mol. The zero-order valence-corrected chi connectivity index (χ0v) is 37.1. The molecule has 68 heavy (non-hydrogen) atoms. The molecule has 2 fully saturated rings. The van der Waals surface area contributed by atoms with Crippen molar-refractivity contribution >= 4 is 23.6 Å². The van der Waals surface area contributed by atoms with E-state index in [1.54, 1.807) is 30.3 Å². The largest absolute Gasteiger partial charge is 0.507 e. The van der Waals surface area contributed by atoms with Gasteiger partial charge in [-0.1, -0.05) is 36.4 Å². The van der Waals surface area contributed by atoms with Gasteiger partial charge in [0.2, 0.25) is 0 Å². The molecule has 0 bridgehead atoms. The molecule has 2 aliphatic carbocycles. The zero-order chi connectivity index (χ0) is 49.0. The van der Waals surface area contributed by atoms with E-state index in [2.05, 4.69) is 5.32 Å². The number of rotatable bonds is 11. The molecule has 0 radical (unpaired) electrons. The van der Waals surface area contributed by atoms with E-state index in [0.717, 1.165) is 17.0 Å². The van der Waals surface area contributed by atoms with Crippen LogP contribution >= 0.6 is 0 Å². The second-order valence-electron chi connectivity index (χ2n) is 17.0. The van der Waals surface area contributed by atoms with Crippen LogP contribution in [0.2, 0.25) is 0 Å². The molecule has 2 saturated heterocycles. The fourth-order valence-electron chi connectivity index (χ4n) is 9.30. The van der Waals surface area contributed by atoms with Gasteiger partial charge in [0.1, 0.15) is 72.3 Å². The normalized spacial score (nSPS) is 27.3. The lowest BCUT2D eigenvalue weighted by Crippen LogP contribution is -2.66. The number of nitrogens with zero attached hydrogens (tertiary/aromatic N) is 1. The molecule has 2 amide bonds. The fraction of sp³-hybridized carbons (Fsp3) is 0.404. The van der Waals surface area contributed by atoms with Crippen molar-refractivity contribution in [3.8, 4) is 34.1 Å². The van der Waals surface area contributed by atoms with Crippen LogP contribution in [0.3, 0.4) is 0 Å². The van der Waals surface area contributed by atoms with E-state index in [-0.39, 0.29) is 64.4 Å². The topological polar surface area (TPSA) is 327 Å². The third-order valence-corrected chi connectivity index (χ3v) is 12.7. The molecule has 2 heterocycles. The van der Waals surface area contributed by atoms with Crippen LogP contribution in [-0.4, -0.2) is 158 Å². The van der Waals surface area contributed by atoms with Gasteiger partial charge < -0.3 is 85.2 Å². The van der Waals surface area contributed by atoms with Crippen molar-refractivity contribution in [2.75, 3.05) is 33.9 Å². The number of phenolic OH excluding ortho intramolecular Hbond substituents is 3. The van der Waals surface area contributed by atoms with Gasteiger partial charge in [-0.3, -0.25) is 14.4 Å². The molecule has 0 saturated carbocycles. The number of benzene rings is 4. The molecular formula is C47H51N3O18. The highest BCUT2D eigenvalue weighted by Gasteiger charge is 2.53. The third kappa shape index (κ3) is 8.29. The number of fused-ring (bicyclic) bond motifs is 5. The summed E-state index contributed by atoms with van der Waals surface area (Å²) in [5, 5.41) is 93.9. The molecule has 362 valence electrons. The predicted molar refractivity (Wildman–Crippen MR) is 233 cm³/mol. The Kier molecular flexibility index (Phi) is 13.5. The number of aliphatic hydroxyl groups excluding tert-OH is 5. The second-order valence-corrected chi connectivity index (χ2v) is 17.0. The number of aromatic hydroxyl groups is 3. The Morgan fingerprint density at radius 3 is 2.21 bits per heavy atom. The van der Waals surface area contributed by atoms with Crippen LogP contribution in [0.15, 0.2) is 54.6 Å². The van der Waals surface area contributed by atoms with E-state index < -0.39 is 132 Å². The summed E-state index contributed by atoms with van der Waals surface area (Å²) in [6.07, 6.45) is -17.8. The number of hydrogen-bond acceptors (Lipinski definition) is 19. The van der Waals surface area contributed by atoms with Crippen molar-refractivity contribution in [2.45, 2.75) is 87.9 Å². The first-order valence-electron chi connectivity index (χ1n) is 21.6. The van der Waals surface area contributed by atoms with E-state index in [0.29, 0.717) is 5.56 Å². The Labute approximate surface area is 387 Å². The SMILES string of the molecule is COc1cc(O)c2c(c1)C(=O)c1c(cc3c(c1O)-c1c(cc(C)c(C(=O)NCCN)c1O)[C@H](O[C@@H]1O[C@H](C)[C@H](N(C)C(=O)OCc4ccccc4)[C@H](O[C@@H]4OC[C@@H](O)[C@H](O)[C@H]4O)[C@H]1O)[C@H]3O)C2=O. The minimum atomic E-state index is -1.96. The summed E-state index contributed by atoms with van der Waals surface area (Å²) in [6, 6.07) is 12.3. The molecule has 11 N–H and O–H groups in total. The van der Waals surface area contributed by atoms with Crippen molar-refractivity contribution in [1.82, 2.24) is 10.2 Å². The average Bonchev–Trinajstić information content (AvgIpc) is 3.31. The maximum atomic E-state index is 14.2. The highest BCUT2D eigenvalue weighted by molar-refractivity contribution is 6.31. The summed E-state index contributed by atoms with van der Waals surface area (Å²) in [4.78, 5) is 56.6. The highest BCUT2D eigenvalue weighted by Crippen LogP contribution is 2.57. The summed E-state index contributed by atoms with van der Waals surface area (Å²) < 4.78 is 35.1. The quantitative estimate of drug-likeness (QED) is 0.0880. The van der Waals surface area contributed by atoms with Gasteiger partial charge in [-0.15, -0.1) is 0 Å². The van der Waals surface area contributed by atoms with Crippen molar-refractivity contribution in [3.05, 3.63) is 105 Å². The van der Waals surface area contributed by atoms with Crippen LogP contribution in [0, 0.1) is 6.92 Å². The molecule has 4 aliphatic rings. The molecule has 4 aromatic rings. The lowest BCUT2D eigenvalue weighted by Gasteiger charge is -2.49. The Hall–Kier alpha value is -6.24. The number of phenols is 3. The van der Waals surface area contributed by atoms with E-state index >= 15 is 0 Å². The molecule has 21 heteroatoms. The van der Waals surface area contributed by atoms with Gasteiger partial charge in [0.25, 0.3) is 5.91 Å². The number of carbonyl (C=O) groups excluding carboxylic acids is 4. The Morgan fingerprint density at radius 1 is 0.838 bits per heavy atom. The minimum Gasteiger partial charge on any atom is -0.507 e. The van der Waals surface area contributed by atoms with Gasteiger partial charge in [0.15, 0.2) is 24.1 Å². The number of hydrogen-bond donors (Lipinski definition) is 10. The van der Waals surface area contributed by atoms with Crippen LogP contribution < -0.4 is 15.8 Å². The van der Waals surface area contributed by atoms with Crippen molar-refractivity contribution in [2.24, 2.45) is 5.73 Å². The van der Waals surface area contributed by atoms with E-state index in [4.69, 9.17) is 34.2 Å². The van der Waals surface area contributed by atoms with E-state index in [1.807, 2.05) is 0 Å².